The van der Waals surface area contributed by atoms with Gasteiger partial charge in [0.05, 0.1) is 44.7 Å². The molecule has 0 N–H and O–H groups in total. The van der Waals surface area contributed by atoms with Crippen LogP contribution in [-0.2, 0) is 20.9 Å². The Balaban J connectivity index is 1.39. The summed E-state index contributed by atoms with van der Waals surface area (Å²) in [5, 5.41) is 10.8. The van der Waals surface area contributed by atoms with Gasteiger partial charge in [-0.2, -0.15) is 0 Å². The highest BCUT2D eigenvalue weighted by atomic mass is 35.5. The van der Waals surface area contributed by atoms with E-state index in [1.165, 1.54) is 42.7 Å². The summed E-state index contributed by atoms with van der Waals surface area (Å²) in [5.74, 6) is 0.392. The molecule has 0 aliphatic heterocycles. The van der Waals surface area contributed by atoms with Crippen LogP contribution in [0.3, 0.4) is 0 Å². The van der Waals surface area contributed by atoms with Crippen LogP contribution >= 0.6 is 22.9 Å². The molecule has 0 amide bonds. The Morgan fingerprint density at radius 3 is 2.63 bits per heavy atom. The number of nitrogens with zero attached hydrogens (tertiary/aromatic N) is 2. The molecule has 1 fully saturated rings. The molecular formula is C26H25ClN2O8S. The maximum Gasteiger partial charge on any atom is 0.514 e. The number of non-ortho nitro benzene ring substituents is 1. The predicted molar refractivity (Wildman–Crippen MR) is 140 cm³/mol. The molecule has 4 rings (SSSR count). The van der Waals surface area contributed by atoms with E-state index < -0.39 is 11.1 Å². The fourth-order valence-corrected chi connectivity index (χ4v) is 5.46. The average Bonchev–Trinajstić information content (AvgIpc) is 3.29. The van der Waals surface area contributed by atoms with Gasteiger partial charge in [-0.15, -0.1) is 11.3 Å². The molecule has 0 unspecified atom stereocenters. The monoisotopic (exact) mass is 560 g/mol. The van der Waals surface area contributed by atoms with Gasteiger partial charge in [-0.25, -0.2) is 9.78 Å². The van der Waals surface area contributed by atoms with Crippen molar-refractivity contribution < 1.29 is 33.5 Å². The zero-order chi connectivity index (χ0) is 27.2. The molecule has 1 aromatic carbocycles. The summed E-state index contributed by atoms with van der Waals surface area (Å²) in [7, 11) is 1.40. The first-order valence-corrected chi connectivity index (χ1v) is 13.0. The average molecular weight is 561 g/mol. The van der Waals surface area contributed by atoms with Crippen LogP contribution < -0.4 is 9.47 Å². The lowest BCUT2D eigenvalue weighted by Gasteiger charge is -2.28. The molecule has 2 atom stereocenters. The number of hydrogen-bond acceptors (Lipinski definition) is 10. The first-order chi connectivity index (χ1) is 18.2. The van der Waals surface area contributed by atoms with Gasteiger partial charge in [0.2, 0.25) is 0 Å². The first kappa shape index (κ1) is 27.3. The van der Waals surface area contributed by atoms with Crippen LogP contribution in [0.4, 0.5) is 10.5 Å². The largest absolute Gasteiger partial charge is 0.514 e. The van der Waals surface area contributed by atoms with Gasteiger partial charge in [0.25, 0.3) is 5.69 Å². The fourth-order valence-electron chi connectivity index (χ4n) is 4.23. The summed E-state index contributed by atoms with van der Waals surface area (Å²) in [6, 6.07) is 10.4. The Bertz CT molecular complexity index is 1330. The topological polar surface area (TPSA) is 127 Å². The summed E-state index contributed by atoms with van der Waals surface area (Å²) in [6.45, 7) is 1.73. The van der Waals surface area contributed by atoms with Gasteiger partial charge in [0.15, 0.2) is 0 Å². The van der Waals surface area contributed by atoms with Crippen molar-refractivity contribution in [1.29, 1.82) is 0 Å². The number of ether oxygens (including phenoxy) is 4. The molecule has 0 spiro atoms. The molecule has 2 aromatic heterocycles. The molecule has 1 aliphatic carbocycles. The second kappa shape index (κ2) is 12.2. The van der Waals surface area contributed by atoms with Crippen molar-refractivity contribution in [3.05, 3.63) is 68.2 Å². The van der Waals surface area contributed by atoms with Crippen LogP contribution in [0.5, 0.6) is 11.5 Å². The minimum absolute atomic E-state index is 0.0962. The number of rotatable bonds is 8. The molecule has 2 heterocycles. The van der Waals surface area contributed by atoms with Crippen LogP contribution in [0.1, 0.15) is 36.9 Å². The number of halogens is 1. The van der Waals surface area contributed by atoms with Crippen molar-refractivity contribution in [2.75, 3.05) is 7.11 Å². The quantitative estimate of drug-likeness (QED) is 0.131. The molecule has 0 radical (unpaired) electrons. The van der Waals surface area contributed by atoms with Gasteiger partial charge >= 0.3 is 12.1 Å². The normalized spacial score (nSPS) is 16.9. The Hall–Kier alpha value is -3.70. The Morgan fingerprint density at radius 1 is 1.18 bits per heavy atom. The number of carbonyl (C=O) groups is 2. The van der Waals surface area contributed by atoms with Crippen molar-refractivity contribution in [2.24, 2.45) is 5.92 Å². The van der Waals surface area contributed by atoms with E-state index in [0.29, 0.717) is 33.5 Å². The van der Waals surface area contributed by atoms with Crippen LogP contribution in [-0.4, -0.2) is 35.2 Å². The number of benzene rings is 1. The number of aryl methyl sites for hydroxylation is 1. The van der Waals surface area contributed by atoms with Crippen molar-refractivity contribution >= 4 is 40.7 Å². The third-order valence-electron chi connectivity index (χ3n) is 6.10. The molecule has 1 saturated carbocycles. The lowest BCUT2D eigenvalue weighted by molar-refractivity contribution is -0.384. The van der Waals surface area contributed by atoms with E-state index in [9.17, 15) is 19.7 Å². The van der Waals surface area contributed by atoms with Gasteiger partial charge in [-0.05, 0) is 62.9 Å². The van der Waals surface area contributed by atoms with Crippen LogP contribution in [0.2, 0.25) is 4.34 Å². The lowest BCUT2D eigenvalue weighted by Crippen LogP contribution is -2.30. The number of methoxy groups -OCH3 is 1. The fraction of sp³-hybridized carbons (Fsp3) is 0.346. The van der Waals surface area contributed by atoms with Gasteiger partial charge < -0.3 is 18.9 Å². The van der Waals surface area contributed by atoms with Crippen LogP contribution in [0.25, 0.3) is 10.6 Å². The van der Waals surface area contributed by atoms with E-state index in [1.807, 2.05) is 19.1 Å². The van der Waals surface area contributed by atoms with E-state index in [4.69, 9.17) is 30.5 Å². The second-order valence-corrected chi connectivity index (χ2v) is 10.4. The number of hydrogen-bond donors (Lipinski definition) is 0. The number of carbonyl (C=O) groups excluding carboxylic acids is 2. The van der Waals surface area contributed by atoms with Crippen LogP contribution in [0, 0.1) is 23.0 Å². The minimum atomic E-state index is -0.960. The van der Waals surface area contributed by atoms with Crippen molar-refractivity contribution in [3.63, 3.8) is 0 Å². The van der Waals surface area contributed by atoms with E-state index in [0.717, 1.165) is 24.1 Å². The van der Waals surface area contributed by atoms with Crippen molar-refractivity contribution in [1.82, 2.24) is 4.98 Å². The Kier molecular flexibility index (Phi) is 8.80. The zero-order valence-electron chi connectivity index (χ0n) is 20.7. The number of nitro benzene ring substituents is 1. The molecule has 200 valence electrons. The SMILES string of the molecule is COC(=O)[C@H]1CCC[C@H](Oc2ccc(-c3sc(Cl)cc3COC(=O)Oc3ccc([N+](=O)[O-])cc3)nc2C)C1. The molecule has 1 aliphatic rings. The van der Waals surface area contributed by atoms with Gasteiger partial charge in [-0.1, -0.05) is 11.6 Å². The Morgan fingerprint density at radius 2 is 1.95 bits per heavy atom. The lowest BCUT2D eigenvalue weighted by atomic mass is 9.87. The summed E-state index contributed by atoms with van der Waals surface area (Å²) in [5.41, 5.74) is 1.85. The highest BCUT2D eigenvalue weighted by Gasteiger charge is 2.29. The predicted octanol–water partition coefficient (Wildman–Crippen LogP) is 6.51. The third kappa shape index (κ3) is 6.78. The zero-order valence-corrected chi connectivity index (χ0v) is 22.3. The third-order valence-corrected chi connectivity index (χ3v) is 7.43. The van der Waals surface area contributed by atoms with Gasteiger partial charge in [0.1, 0.15) is 18.1 Å². The first-order valence-electron chi connectivity index (χ1n) is 11.8. The molecule has 12 heteroatoms. The number of aromatic nitrogens is 1. The summed E-state index contributed by atoms with van der Waals surface area (Å²) in [4.78, 5) is 39.7. The minimum Gasteiger partial charge on any atom is -0.489 e. The molecule has 0 saturated heterocycles. The van der Waals surface area contributed by atoms with E-state index in [-0.39, 0.29) is 36.0 Å². The molecular weight excluding hydrogens is 536 g/mol. The van der Waals surface area contributed by atoms with Gasteiger partial charge in [-0.3, -0.25) is 14.9 Å². The highest BCUT2D eigenvalue weighted by Crippen LogP contribution is 2.37. The number of nitro groups is 1. The maximum atomic E-state index is 12.2. The smallest absolute Gasteiger partial charge is 0.489 e. The highest BCUT2D eigenvalue weighted by molar-refractivity contribution is 7.19. The molecule has 0 bridgehead atoms. The summed E-state index contributed by atoms with van der Waals surface area (Å²) < 4.78 is 21.9. The number of thiophene rings is 1. The summed E-state index contributed by atoms with van der Waals surface area (Å²) >= 11 is 7.55. The van der Waals surface area contributed by atoms with Crippen molar-refractivity contribution in [2.45, 2.75) is 45.3 Å². The summed E-state index contributed by atoms with van der Waals surface area (Å²) in [6.07, 6.45) is 2.09. The Labute approximate surface area is 227 Å². The van der Waals surface area contributed by atoms with Crippen LogP contribution in [0.15, 0.2) is 42.5 Å². The molecule has 38 heavy (non-hydrogen) atoms. The standard InChI is InChI=1S/C26H25ClN2O8S/c1-15-22(36-20-5-3-4-16(12-20)25(30)34-2)11-10-21(28-15)24-17(13-23(27)38-24)14-35-26(31)37-19-8-6-18(7-9-19)29(32)33/h6-11,13,16,20H,3-5,12,14H2,1-2H3/t16-,20-/m0/s1. The molecule has 10 nitrogen and oxygen atoms in total. The van der Waals surface area contributed by atoms with E-state index in [1.54, 1.807) is 6.07 Å². The van der Waals surface area contributed by atoms with Gasteiger partial charge in [0, 0.05) is 17.7 Å². The van der Waals surface area contributed by atoms with E-state index in [2.05, 4.69) is 4.98 Å². The maximum absolute atomic E-state index is 12.2. The number of esters is 1. The molecule has 3 aromatic rings. The van der Waals surface area contributed by atoms with Crippen molar-refractivity contribution in [3.8, 4) is 22.1 Å². The van der Waals surface area contributed by atoms with E-state index >= 15 is 0 Å². The second-order valence-electron chi connectivity index (χ2n) is 8.70. The number of pyridine rings is 1.